The predicted octanol–water partition coefficient (Wildman–Crippen LogP) is 4.03. The first kappa shape index (κ1) is 18.0. The summed E-state index contributed by atoms with van der Waals surface area (Å²) in [6.45, 7) is 10.7. The number of nitrogens with zero attached hydrogens (tertiary/aromatic N) is 5. The number of aryl methyl sites for hydroxylation is 1. The summed E-state index contributed by atoms with van der Waals surface area (Å²) in [6, 6.07) is 2.10. The maximum absolute atomic E-state index is 6.70. The molecule has 0 spiro atoms. The highest BCUT2D eigenvalue weighted by atomic mass is 35.5. The third kappa shape index (κ3) is 3.73. The van der Waals surface area contributed by atoms with Gasteiger partial charge in [0, 0.05) is 24.7 Å². The average Bonchev–Trinajstić information content (AvgIpc) is 3.13. The molecule has 6 nitrogen and oxygen atoms in total. The van der Waals surface area contributed by atoms with Crippen molar-refractivity contribution in [3.8, 4) is 5.88 Å². The van der Waals surface area contributed by atoms with E-state index in [4.69, 9.17) is 16.3 Å². The van der Waals surface area contributed by atoms with Gasteiger partial charge in [0.05, 0.1) is 18.3 Å². The Bertz CT molecular complexity index is 730. The molecular weight excluding hydrogens is 338 g/mol. The Labute approximate surface area is 154 Å². The summed E-state index contributed by atoms with van der Waals surface area (Å²) >= 11 is 6.70. The molecule has 0 saturated carbocycles. The van der Waals surface area contributed by atoms with Crippen molar-refractivity contribution in [1.29, 1.82) is 0 Å². The fourth-order valence-corrected chi connectivity index (χ4v) is 3.84. The average molecular weight is 364 g/mol. The Morgan fingerprint density at radius 3 is 2.88 bits per heavy atom. The van der Waals surface area contributed by atoms with Crippen LogP contribution in [-0.2, 0) is 6.54 Å². The van der Waals surface area contributed by atoms with Gasteiger partial charge < -0.3 is 9.64 Å². The molecule has 0 aromatic carbocycles. The minimum atomic E-state index is 0.192. The van der Waals surface area contributed by atoms with Crippen molar-refractivity contribution in [2.75, 3.05) is 18.1 Å². The maximum Gasteiger partial charge on any atom is 0.218 e. The quantitative estimate of drug-likeness (QED) is 0.775. The molecule has 2 aromatic rings. The Balaban J connectivity index is 1.92. The first-order valence-corrected chi connectivity index (χ1v) is 9.33. The van der Waals surface area contributed by atoms with E-state index >= 15 is 0 Å². The normalized spacial score (nSPS) is 17.5. The van der Waals surface area contributed by atoms with Crippen LogP contribution in [0.25, 0.3) is 0 Å². The van der Waals surface area contributed by atoms with E-state index in [1.807, 2.05) is 24.6 Å². The standard InChI is InChI=1S/C18H26ClN5O/c1-5-25-16-9-15(20-11-21-16)23-8-6-7-14(23)17-13(4)22-24(18(17)19)10-12(2)3/h9,11-12,14H,5-8,10H2,1-4H3. The molecule has 0 N–H and O–H groups in total. The fraction of sp³-hybridized carbons (Fsp3) is 0.611. The van der Waals surface area contributed by atoms with Crippen molar-refractivity contribution in [2.24, 2.45) is 5.92 Å². The summed E-state index contributed by atoms with van der Waals surface area (Å²) in [5, 5.41) is 5.42. The number of rotatable bonds is 6. The highest BCUT2D eigenvalue weighted by Crippen LogP contribution is 2.40. The van der Waals surface area contributed by atoms with Gasteiger partial charge >= 0.3 is 0 Å². The van der Waals surface area contributed by atoms with Crippen LogP contribution in [0, 0.1) is 12.8 Å². The van der Waals surface area contributed by atoms with Crippen molar-refractivity contribution in [1.82, 2.24) is 19.7 Å². The van der Waals surface area contributed by atoms with Gasteiger partial charge in [-0.05, 0) is 32.6 Å². The van der Waals surface area contributed by atoms with Gasteiger partial charge in [0.1, 0.15) is 17.3 Å². The van der Waals surface area contributed by atoms with Crippen molar-refractivity contribution in [2.45, 2.75) is 53.1 Å². The highest BCUT2D eigenvalue weighted by molar-refractivity contribution is 6.30. The number of aromatic nitrogens is 4. The van der Waals surface area contributed by atoms with Gasteiger partial charge in [-0.2, -0.15) is 5.10 Å². The lowest BCUT2D eigenvalue weighted by atomic mass is 10.1. The van der Waals surface area contributed by atoms with Crippen molar-refractivity contribution < 1.29 is 4.74 Å². The topological polar surface area (TPSA) is 56.1 Å². The molecule has 0 aliphatic carbocycles. The molecule has 3 heterocycles. The van der Waals surface area contributed by atoms with E-state index in [1.54, 1.807) is 6.33 Å². The summed E-state index contributed by atoms with van der Waals surface area (Å²) in [4.78, 5) is 10.9. The molecule has 1 aliphatic heterocycles. The summed E-state index contributed by atoms with van der Waals surface area (Å²) in [6.07, 6.45) is 3.71. The Morgan fingerprint density at radius 2 is 2.16 bits per heavy atom. The van der Waals surface area contributed by atoms with Crippen LogP contribution in [0.4, 0.5) is 5.82 Å². The molecule has 1 aliphatic rings. The predicted molar refractivity (Wildman–Crippen MR) is 99.3 cm³/mol. The first-order chi connectivity index (χ1) is 12.0. The lowest BCUT2D eigenvalue weighted by Gasteiger charge is -2.26. The summed E-state index contributed by atoms with van der Waals surface area (Å²) in [5.74, 6) is 1.99. The fourth-order valence-electron chi connectivity index (χ4n) is 3.47. The van der Waals surface area contributed by atoms with Crippen molar-refractivity contribution in [3.05, 3.63) is 28.8 Å². The molecule has 0 amide bonds. The molecule has 136 valence electrons. The van der Waals surface area contributed by atoms with Crippen LogP contribution in [0.5, 0.6) is 5.88 Å². The molecule has 2 aromatic heterocycles. The number of ether oxygens (including phenoxy) is 1. The minimum absolute atomic E-state index is 0.192. The third-order valence-electron chi connectivity index (χ3n) is 4.45. The van der Waals surface area contributed by atoms with E-state index in [1.165, 1.54) is 0 Å². The molecule has 1 fully saturated rings. The largest absolute Gasteiger partial charge is 0.478 e. The number of hydrogen-bond donors (Lipinski definition) is 0. The van der Waals surface area contributed by atoms with Crippen molar-refractivity contribution >= 4 is 17.4 Å². The van der Waals surface area contributed by atoms with E-state index in [-0.39, 0.29) is 6.04 Å². The molecule has 7 heteroatoms. The Morgan fingerprint density at radius 1 is 1.36 bits per heavy atom. The van der Waals surface area contributed by atoms with Crippen LogP contribution < -0.4 is 9.64 Å². The Hall–Kier alpha value is -1.82. The van der Waals surface area contributed by atoms with Gasteiger partial charge in [-0.15, -0.1) is 0 Å². The molecule has 0 radical (unpaired) electrons. The molecule has 1 saturated heterocycles. The lowest BCUT2D eigenvalue weighted by molar-refractivity contribution is 0.326. The van der Waals surface area contributed by atoms with Gasteiger partial charge in [-0.3, -0.25) is 4.68 Å². The lowest BCUT2D eigenvalue weighted by Crippen LogP contribution is -2.24. The molecule has 0 bridgehead atoms. The maximum atomic E-state index is 6.70. The first-order valence-electron chi connectivity index (χ1n) is 8.95. The van der Waals surface area contributed by atoms with E-state index < -0.39 is 0 Å². The number of halogens is 1. The van der Waals surface area contributed by atoms with Gasteiger partial charge in [0.15, 0.2) is 0 Å². The van der Waals surface area contributed by atoms with Gasteiger partial charge in [0.2, 0.25) is 5.88 Å². The van der Waals surface area contributed by atoms with Crippen LogP contribution in [0.3, 0.4) is 0 Å². The number of hydrogen-bond acceptors (Lipinski definition) is 5. The second-order valence-electron chi connectivity index (χ2n) is 6.86. The van der Waals surface area contributed by atoms with Crippen LogP contribution >= 0.6 is 11.6 Å². The van der Waals surface area contributed by atoms with E-state index in [0.717, 1.165) is 48.2 Å². The van der Waals surface area contributed by atoms with E-state index in [0.29, 0.717) is 18.4 Å². The summed E-state index contributed by atoms with van der Waals surface area (Å²) < 4.78 is 7.45. The number of anilines is 1. The van der Waals surface area contributed by atoms with E-state index in [9.17, 15) is 0 Å². The van der Waals surface area contributed by atoms with Crippen LogP contribution in [-0.4, -0.2) is 32.9 Å². The molecule has 25 heavy (non-hydrogen) atoms. The SMILES string of the molecule is CCOc1cc(N2CCCC2c2c(C)nn(CC(C)C)c2Cl)ncn1. The summed E-state index contributed by atoms with van der Waals surface area (Å²) in [5.41, 5.74) is 2.12. The molecule has 3 rings (SSSR count). The zero-order valence-corrected chi connectivity index (χ0v) is 16.1. The Kier molecular flexibility index (Phi) is 5.47. The third-order valence-corrected chi connectivity index (χ3v) is 4.85. The smallest absolute Gasteiger partial charge is 0.218 e. The van der Waals surface area contributed by atoms with Gasteiger partial charge in [-0.1, -0.05) is 25.4 Å². The zero-order valence-electron chi connectivity index (χ0n) is 15.4. The minimum Gasteiger partial charge on any atom is -0.478 e. The molecular formula is C18H26ClN5O. The van der Waals surface area contributed by atoms with Crippen LogP contribution in [0.15, 0.2) is 12.4 Å². The van der Waals surface area contributed by atoms with Crippen LogP contribution in [0.2, 0.25) is 5.15 Å². The van der Waals surface area contributed by atoms with Gasteiger partial charge in [-0.25, -0.2) is 9.97 Å². The second kappa shape index (κ2) is 7.60. The molecule has 1 atom stereocenters. The monoisotopic (exact) mass is 363 g/mol. The zero-order chi connectivity index (χ0) is 18.0. The van der Waals surface area contributed by atoms with E-state index in [2.05, 4.69) is 33.8 Å². The highest BCUT2D eigenvalue weighted by Gasteiger charge is 2.32. The summed E-state index contributed by atoms with van der Waals surface area (Å²) in [7, 11) is 0. The second-order valence-corrected chi connectivity index (χ2v) is 7.22. The van der Waals surface area contributed by atoms with Crippen LogP contribution in [0.1, 0.15) is 50.9 Å². The van der Waals surface area contributed by atoms with Crippen molar-refractivity contribution in [3.63, 3.8) is 0 Å². The van der Waals surface area contributed by atoms with Gasteiger partial charge in [0.25, 0.3) is 0 Å². The molecule has 1 unspecified atom stereocenters.